The lowest BCUT2D eigenvalue weighted by molar-refractivity contribution is 0.0280. The molecular weight excluding hydrogens is 478 g/mol. The molecule has 0 unspecified atom stereocenters. The lowest BCUT2D eigenvalue weighted by atomic mass is 9.99. The van der Waals surface area contributed by atoms with Gasteiger partial charge in [-0.3, -0.25) is 14.4 Å². The molecule has 6 nitrogen and oxygen atoms in total. The predicted octanol–water partition coefficient (Wildman–Crippen LogP) is 5.92. The third kappa shape index (κ3) is 4.30. The average molecular weight is 496 g/mol. The molecule has 0 aromatic heterocycles. The van der Waals surface area contributed by atoms with Gasteiger partial charge < -0.3 is 4.74 Å². The number of ketones is 1. The van der Waals surface area contributed by atoms with Crippen LogP contribution in [0.1, 0.15) is 53.1 Å². The third-order valence-corrected chi connectivity index (χ3v) is 6.08. The van der Waals surface area contributed by atoms with Gasteiger partial charge in [-0.2, -0.15) is 0 Å². The number of carbonyl (C=O) groups is 4. The zero-order valence-electron chi connectivity index (χ0n) is 18.8. The lowest BCUT2D eigenvalue weighted by Gasteiger charge is -2.18. The number of halogens is 1. The Bertz CT molecular complexity index is 1480. The van der Waals surface area contributed by atoms with Crippen molar-refractivity contribution < 1.29 is 23.9 Å². The summed E-state index contributed by atoms with van der Waals surface area (Å²) >= 11 is 5.99. The van der Waals surface area contributed by atoms with Gasteiger partial charge in [0.2, 0.25) is 5.78 Å². The Morgan fingerprint density at radius 2 is 1.31 bits per heavy atom. The number of ether oxygens (including phenoxy) is 1. The van der Waals surface area contributed by atoms with Crippen LogP contribution in [0, 0.1) is 0 Å². The molecule has 0 N–H and O–H groups in total. The molecule has 4 aromatic carbocycles. The molecular formula is C29H18ClNO5. The van der Waals surface area contributed by atoms with Gasteiger partial charge in [0.25, 0.3) is 11.8 Å². The van der Waals surface area contributed by atoms with Crippen LogP contribution in [0.5, 0.6) is 0 Å². The van der Waals surface area contributed by atoms with Gasteiger partial charge in [0, 0.05) is 16.1 Å². The Labute approximate surface area is 211 Å². The van der Waals surface area contributed by atoms with Gasteiger partial charge in [-0.25, -0.2) is 9.69 Å². The molecule has 0 saturated carbocycles. The lowest BCUT2D eigenvalue weighted by Crippen LogP contribution is -2.29. The number of rotatable bonds is 6. The van der Waals surface area contributed by atoms with Crippen molar-refractivity contribution in [2.75, 3.05) is 4.90 Å². The molecule has 1 heterocycles. The number of carbonyl (C=O) groups excluding carboxylic acids is 4. The summed E-state index contributed by atoms with van der Waals surface area (Å²) in [5.74, 6) is -2.22. The molecule has 1 aliphatic rings. The van der Waals surface area contributed by atoms with Crippen LogP contribution in [-0.2, 0) is 4.74 Å². The van der Waals surface area contributed by atoms with Gasteiger partial charge in [-0.15, -0.1) is 0 Å². The summed E-state index contributed by atoms with van der Waals surface area (Å²) in [6.45, 7) is 0. The van der Waals surface area contributed by atoms with Crippen molar-refractivity contribution in [3.63, 3.8) is 0 Å². The zero-order chi connectivity index (χ0) is 25.2. The molecule has 2 amide bonds. The molecule has 0 bridgehead atoms. The Morgan fingerprint density at radius 1 is 0.694 bits per heavy atom. The predicted molar refractivity (Wildman–Crippen MR) is 134 cm³/mol. The minimum atomic E-state index is -1.23. The third-order valence-electron chi connectivity index (χ3n) is 5.83. The van der Waals surface area contributed by atoms with Crippen LogP contribution in [0.15, 0.2) is 103 Å². The molecule has 1 atom stereocenters. The first kappa shape index (κ1) is 23.2. The summed E-state index contributed by atoms with van der Waals surface area (Å²) in [6.07, 6.45) is -1.23. The molecule has 0 saturated heterocycles. The molecule has 36 heavy (non-hydrogen) atoms. The number of para-hydroxylation sites is 1. The molecule has 0 radical (unpaired) electrons. The van der Waals surface area contributed by atoms with Gasteiger partial charge in [-0.1, -0.05) is 72.3 Å². The first-order valence-corrected chi connectivity index (χ1v) is 11.5. The monoisotopic (exact) mass is 495 g/mol. The van der Waals surface area contributed by atoms with Crippen LogP contribution < -0.4 is 4.90 Å². The average Bonchev–Trinajstić information content (AvgIpc) is 3.17. The Hall–Kier alpha value is -4.55. The smallest absolute Gasteiger partial charge is 0.339 e. The molecule has 7 heteroatoms. The van der Waals surface area contributed by atoms with Crippen molar-refractivity contribution in [3.8, 4) is 0 Å². The van der Waals surface area contributed by atoms with Crippen molar-refractivity contribution in [1.29, 1.82) is 0 Å². The van der Waals surface area contributed by atoms with Crippen molar-refractivity contribution in [2.24, 2.45) is 0 Å². The number of amides is 2. The topological polar surface area (TPSA) is 80.8 Å². The van der Waals surface area contributed by atoms with Gasteiger partial charge >= 0.3 is 5.97 Å². The van der Waals surface area contributed by atoms with E-state index < -0.39 is 29.7 Å². The van der Waals surface area contributed by atoms with E-state index in [1.54, 1.807) is 84.9 Å². The number of esters is 1. The summed E-state index contributed by atoms with van der Waals surface area (Å²) in [5.41, 5.74) is 1.59. The van der Waals surface area contributed by atoms with E-state index in [0.717, 1.165) is 4.90 Å². The molecule has 0 spiro atoms. The molecule has 4 aromatic rings. The maximum Gasteiger partial charge on any atom is 0.339 e. The highest BCUT2D eigenvalue weighted by Gasteiger charge is 2.37. The summed E-state index contributed by atoms with van der Waals surface area (Å²) < 4.78 is 5.67. The second-order valence-electron chi connectivity index (χ2n) is 8.11. The number of benzene rings is 4. The molecule has 0 aliphatic carbocycles. The fourth-order valence-electron chi connectivity index (χ4n) is 4.02. The van der Waals surface area contributed by atoms with E-state index in [-0.39, 0.29) is 16.7 Å². The van der Waals surface area contributed by atoms with Crippen LogP contribution in [0.25, 0.3) is 0 Å². The van der Waals surface area contributed by atoms with Gasteiger partial charge in [0.1, 0.15) is 0 Å². The maximum absolute atomic E-state index is 13.3. The number of hydrogen-bond acceptors (Lipinski definition) is 5. The van der Waals surface area contributed by atoms with Crippen LogP contribution in [0.2, 0.25) is 5.02 Å². The highest BCUT2D eigenvalue weighted by molar-refractivity contribution is 6.34. The molecule has 176 valence electrons. The van der Waals surface area contributed by atoms with E-state index in [0.29, 0.717) is 21.8 Å². The fraction of sp³-hybridized carbons (Fsp3) is 0.0345. The van der Waals surface area contributed by atoms with Crippen LogP contribution in [-0.4, -0.2) is 23.6 Å². The second-order valence-corrected chi connectivity index (χ2v) is 8.55. The number of hydrogen-bond donors (Lipinski definition) is 0. The zero-order valence-corrected chi connectivity index (χ0v) is 19.5. The minimum absolute atomic E-state index is 0.0460. The quantitative estimate of drug-likeness (QED) is 0.188. The van der Waals surface area contributed by atoms with E-state index in [9.17, 15) is 19.2 Å². The number of nitrogens with zero attached hydrogens (tertiary/aromatic N) is 1. The standard InChI is InChI=1S/C29H18ClNO5/c30-21-14-11-19(12-15-21)26(25(32)18-7-3-1-4-8-18)36-29(35)20-13-16-23-24(17-20)28(34)31(27(23)33)22-9-5-2-6-10-22/h1-17,26H/t26-/m0/s1. The van der Waals surface area contributed by atoms with Gasteiger partial charge in [0.05, 0.1) is 22.4 Å². The van der Waals surface area contributed by atoms with E-state index in [1.165, 1.54) is 18.2 Å². The largest absolute Gasteiger partial charge is 0.445 e. The number of fused-ring (bicyclic) bond motifs is 1. The fourth-order valence-corrected chi connectivity index (χ4v) is 4.14. The minimum Gasteiger partial charge on any atom is -0.445 e. The van der Waals surface area contributed by atoms with Gasteiger partial charge in [0.15, 0.2) is 6.10 Å². The SMILES string of the molecule is O=C(O[C@H](C(=O)c1ccccc1)c1ccc(Cl)cc1)c1ccc2c(c1)C(=O)N(c1ccccc1)C2=O. The molecule has 1 aliphatic heterocycles. The Balaban J connectivity index is 1.45. The van der Waals surface area contributed by atoms with Gasteiger partial charge in [-0.05, 0) is 42.5 Å². The van der Waals surface area contributed by atoms with Crippen molar-refractivity contribution in [3.05, 3.63) is 136 Å². The summed E-state index contributed by atoms with van der Waals surface area (Å²) in [5, 5.41) is 0.473. The van der Waals surface area contributed by atoms with Crippen LogP contribution in [0.3, 0.4) is 0 Å². The van der Waals surface area contributed by atoms with E-state index in [4.69, 9.17) is 16.3 Å². The van der Waals surface area contributed by atoms with Crippen molar-refractivity contribution in [2.45, 2.75) is 6.10 Å². The maximum atomic E-state index is 13.3. The van der Waals surface area contributed by atoms with Crippen molar-refractivity contribution >= 4 is 40.9 Å². The Morgan fingerprint density at radius 3 is 1.97 bits per heavy atom. The van der Waals surface area contributed by atoms with E-state index in [2.05, 4.69) is 0 Å². The normalized spacial score (nSPS) is 13.3. The molecule has 0 fully saturated rings. The Kier molecular flexibility index (Phi) is 6.19. The number of Topliss-reactive ketones (excluding diaryl/α,β-unsaturated/α-hetero) is 1. The van der Waals surface area contributed by atoms with Crippen LogP contribution in [0.4, 0.5) is 5.69 Å². The van der Waals surface area contributed by atoms with Crippen LogP contribution >= 0.6 is 11.6 Å². The first-order valence-electron chi connectivity index (χ1n) is 11.1. The number of anilines is 1. The van der Waals surface area contributed by atoms with Crippen molar-refractivity contribution in [1.82, 2.24) is 0 Å². The summed E-state index contributed by atoms with van der Waals surface area (Å²) in [6, 6.07) is 27.6. The highest BCUT2D eigenvalue weighted by Crippen LogP contribution is 2.30. The van der Waals surface area contributed by atoms with E-state index in [1.807, 2.05) is 0 Å². The van der Waals surface area contributed by atoms with E-state index >= 15 is 0 Å². The highest BCUT2D eigenvalue weighted by atomic mass is 35.5. The molecule has 5 rings (SSSR count). The number of imide groups is 1. The first-order chi connectivity index (χ1) is 17.4. The summed E-state index contributed by atoms with van der Waals surface area (Å²) in [4.78, 5) is 53.4. The second kappa shape index (κ2) is 9.60. The summed E-state index contributed by atoms with van der Waals surface area (Å²) in [7, 11) is 0.